The van der Waals surface area contributed by atoms with Gasteiger partial charge in [-0.2, -0.15) is 0 Å². The minimum Gasteiger partial charge on any atom is -0.369 e. The van der Waals surface area contributed by atoms with Crippen LogP contribution in [0.25, 0.3) is 0 Å². The quantitative estimate of drug-likeness (QED) is 0.897. The third-order valence-corrected chi connectivity index (χ3v) is 3.86. The van der Waals surface area contributed by atoms with Gasteiger partial charge in [0, 0.05) is 19.6 Å². The molecule has 1 saturated heterocycles. The van der Waals surface area contributed by atoms with Crippen molar-refractivity contribution in [1.82, 2.24) is 14.9 Å². The Labute approximate surface area is 120 Å². The van der Waals surface area contributed by atoms with Crippen LogP contribution in [0.5, 0.6) is 0 Å². The van der Waals surface area contributed by atoms with E-state index >= 15 is 0 Å². The molecular formula is C15H24N4O. The Kier molecular flexibility index (Phi) is 4.93. The molecular weight excluding hydrogens is 252 g/mol. The van der Waals surface area contributed by atoms with E-state index in [9.17, 15) is 4.79 Å². The molecule has 0 aliphatic carbocycles. The van der Waals surface area contributed by atoms with E-state index in [1.807, 2.05) is 4.90 Å². The summed E-state index contributed by atoms with van der Waals surface area (Å²) in [4.78, 5) is 22.8. The highest BCUT2D eigenvalue weighted by molar-refractivity contribution is 5.92. The fourth-order valence-corrected chi connectivity index (χ4v) is 2.49. The van der Waals surface area contributed by atoms with E-state index in [4.69, 9.17) is 0 Å². The minimum atomic E-state index is 0.000739. The summed E-state index contributed by atoms with van der Waals surface area (Å²) >= 11 is 0. The molecule has 0 bridgehead atoms. The van der Waals surface area contributed by atoms with Crippen LogP contribution in [0.4, 0.5) is 5.82 Å². The van der Waals surface area contributed by atoms with E-state index < -0.39 is 0 Å². The summed E-state index contributed by atoms with van der Waals surface area (Å²) in [6, 6.07) is 0. The first-order valence-electron chi connectivity index (χ1n) is 7.47. The van der Waals surface area contributed by atoms with Gasteiger partial charge in [-0.3, -0.25) is 9.78 Å². The van der Waals surface area contributed by atoms with E-state index in [0.29, 0.717) is 23.3 Å². The number of hydrogen-bond acceptors (Lipinski definition) is 4. The maximum absolute atomic E-state index is 12.4. The number of likely N-dealkylation sites (tertiary alicyclic amines) is 1. The van der Waals surface area contributed by atoms with Gasteiger partial charge in [-0.1, -0.05) is 20.8 Å². The molecule has 1 unspecified atom stereocenters. The van der Waals surface area contributed by atoms with Crippen LogP contribution in [0.2, 0.25) is 0 Å². The summed E-state index contributed by atoms with van der Waals surface area (Å²) in [6.45, 7) is 9.03. The van der Waals surface area contributed by atoms with Gasteiger partial charge >= 0.3 is 0 Å². The van der Waals surface area contributed by atoms with E-state index in [0.717, 1.165) is 32.5 Å². The molecule has 0 saturated carbocycles. The summed E-state index contributed by atoms with van der Waals surface area (Å²) < 4.78 is 0. The maximum Gasteiger partial charge on any atom is 0.274 e. The standard InChI is InChI=1S/C15H24N4O/c1-4-6-17-14-9-16-8-13(18-14)15(20)19-7-5-12(10-19)11(2)3/h8-9,11-12H,4-7,10H2,1-3H3,(H,17,18). The highest BCUT2D eigenvalue weighted by atomic mass is 16.2. The number of carbonyl (C=O) groups is 1. The summed E-state index contributed by atoms with van der Waals surface area (Å²) in [7, 11) is 0. The average molecular weight is 276 g/mol. The molecule has 2 heterocycles. The van der Waals surface area contributed by atoms with Gasteiger partial charge in [-0.05, 0) is 24.7 Å². The molecule has 0 spiro atoms. The average Bonchev–Trinajstić information content (AvgIpc) is 2.94. The van der Waals surface area contributed by atoms with Gasteiger partial charge in [0.15, 0.2) is 0 Å². The van der Waals surface area contributed by atoms with E-state index in [1.54, 1.807) is 12.4 Å². The maximum atomic E-state index is 12.4. The van der Waals surface area contributed by atoms with Crippen LogP contribution >= 0.6 is 0 Å². The van der Waals surface area contributed by atoms with Crippen LogP contribution in [-0.4, -0.2) is 40.4 Å². The topological polar surface area (TPSA) is 58.1 Å². The third-order valence-electron chi connectivity index (χ3n) is 3.86. The van der Waals surface area contributed by atoms with Crippen molar-refractivity contribution < 1.29 is 4.79 Å². The Morgan fingerprint density at radius 1 is 1.50 bits per heavy atom. The smallest absolute Gasteiger partial charge is 0.274 e. The van der Waals surface area contributed by atoms with Gasteiger partial charge in [-0.25, -0.2) is 4.98 Å². The van der Waals surface area contributed by atoms with Crippen molar-refractivity contribution in [2.45, 2.75) is 33.6 Å². The van der Waals surface area contributed by atoms with Gasteiger partial charge in [0.05, 0.1) is 12.4 Å². The molecule has 2 rings (SSSR count). The number of hydrogen-bond donors (Lipinski definition) is 1. The van der Waals surface area contributed by atoms with Gasteiger partial charge in [-0.15, -0.1) is 0 Å². The number of amides is 1. The van der Waals surface area contributed by atoms with Crippen molar-refractivity contribution in [2.24, 2.45) is 11.8 Å². The van der Waals surface area contributed by atoms with Crippen LogP contribution in [0.3, 0.4) is 0 Å². The molecule has 0 aromatic carbocycles. The SMILES string of the molecule is CCCNc1cncc(C(=O)N2CCC(C(C)C)C2)n1. The Hall–Kier alpha value is -1.65. The van der Waals surface area contributed by atoms with E-state index in [2.05, 4.69) is 36.1 Å². The summed E-state index contributed by atoms with van der Waals surface area (Å²) in [5.41, 5.74) is 0.440. The summed E-state index contributed by atoms with van der Waals surface area (Å²) in [5, 5.41) is 3.16. The molecule has 0 radical (unpaired) electrons. The monoisotopic (exact) mass is 276 g/mol. The summed E-state index contributed by atoms with van der Waals surface area (Å²) in [5.74, 6) is 1.91. The van der Waals surface area contributed by atoms with E-state index in [1.165, 1.54) is 0 Å². The van der Waals surface area contributed by atoms with Crippen molar-refractivity contribution in [3.8, 4) is 0 Å². The molecule has 5 heteroatoms. The molecule has 110 valence electrons. The van der Waals surface area contributed by atoms with Crippen molar-refractivity contribution in [2.75, 3.05) is 25.0 Å². The van der Waals surface area contributed by atoms with Gasteiger partial charge in [0.1, 0.15) is 11.5 Å². The number of rotatable bonds is 5. The van der Waals surface area contributed by atoms with Gasteiger partial charge < -0.3 is 10.2 Å². The normalized spacial score (nSPS) is 18.6. The first kappa shape index (κ1) is 14.8. The molecule has 5 nitrogen and oxygen atoms in total. The molecule has 1 atom stereocenters. The van der Waals surface area contributed by atoms with E-state index in [-0.39, 0.29) is 5.91 Å². The van der Waals surface area contributed by atoms with Crippen molar-refractivity contribution in [1.29, 1.82) is 0 Å². The first-order chi connectivity index (χ1) is 9.61. The predicted molar refractivity (Wildman–Crippen MR) is 79.7 cm³/mol. The number of nitrogens with zero attached hydrogens (tertiary/aromatic N) is 3. The molecule has 1 aromatic rings. The van der Waals surface area contributed by atoms with Crippen LogP contribution in [0.1, 0.15) is 44.1 Å². The number of aromatic nitrogens is 2. The molecule has 1 N–H and O–H groups in total. The Morgan fingerprint density at radius 3 is 2.95 bits per heavy atom. The third kappa shape index (κ3) is 3.46. The molecule has 1 fully saturated rings. The lowest BCUT2D eigenvalue weighted by molar-refractivity contribution is 0.0778. The van der Waals surface area contributed by atoms with Crippen LogP contribution < -0.4 is 5.32 Å². The van der Waals surface area contributed by atoms with Gasteiger partial charge in [0.25, 0.3) is 5.91 Å². The Balaban J connectivity index is 2.02. The zero-order valence-electron chi connectivity index (χ0n) is 12.6. The number of nitrogens with one attached hydrogen (secondary N) is 1. The molecule has 1 aliphatic heterocycles. The van der Waals surface area contributed by atoms with Crippen molar-refractivity contribution in [3.63, 3.8) is 0 Å². The Morgan fingerprint density at radius 2 is 2.30 bits per heavy atom. The van der Waals surface area contributed by atoms with Gasteiger partial charge in [0.2, 0.25) is 0 Å². The second-order valence-electron chi connectivity index (χ2n) is 5.76. The molecule has 1 aliphatic rings. The predicted octanol–water partition coefficient (Wildman–Crippen LogP) is 2.42. The fourth-order valence-electron chi connectivity index (χ4n) is 2.49. The zero-order valence-corrected chi connectivity index (χ0v) is 12.6. The van der Waals surface area contributed by atoms with Crippen molar-refractivity contribution in [3.05, 3.63) is 18.1 Å². The lowest BCUT2D eigenvalue weighted by Gasteiger charge is -2.17. The number of carbonyl (C=O) groups excluding carboxylic acids is 1. The van der Waals surface area contributed by atoms with Crippen molar-refractivity contribution >= 4 is 11.7 Å². The molecule has 1 aromatic heterocycles. The largest absolute Gasteiger partial charge is 0.369 e. The van der Waals surface area contributed by atoms with Crippen LogP contribution in [0, 0.1) is 11.8 Å². The molecule has 1 amide bonds. The zero-order chi connectivity index (χ0) is 14.5. The molecule has 20 heavy (non-hydrogen) atoms. The number of anilines is 1. The van der Waals surface area contributed by atoms with Crippen LogP contribution in [0.15, 0.2) is 12.4 Å². The second kappa shape index (κ2) is 6.68. The van der Waals surface area contributed by atoms with Crippen LogP contribution in [-0.2, 0) is 0 Å². The first-order valence-corrected chi connectivity index (χ1v) is 7.47. The summed E-state index contributed by atoms with van der Waals surface area (Å²) in [6.07, 6.45) is 5.32. The Bertz CT molecular complexity index is 461. The lowest BCUT2D eigenvalue weighted by Crippen LogP contribution is -2.30. The second-order valence-corrected chi connectivity index (χ2v) is 5.76. The lowest BCUT2D eigenvalue weighted by atomic mass is 9.95. The fraction of sp³-hybridized carbons (Fsp3) is 0.667. The highest BCUT2D eigenvalue weighted by Gasteiger charge is 2.29. The minimum absolute atomic E-state index is 0.000739. The highest BCUT2D eigenvalue weighted by Crippen LogP contribution is 2.24.